The Kier molecular flexibility index (Phi) is 6.11. The fourth-order valence-electron chi connectivity index (χ4n) is 2.56. The van der Waals surface area contributed by atoms with Gasteiger partial charge >= 0.3 is 5.97 Å². The number of nitrogens with two attached hydrogens (primary N) is 1. The molecular weight excluding hydrogens is 258 g/mol. The lowest BCUT2D eigenvalue weighted by atomic mass is 10.3. The van der Waals surface area contributed by atoms with Crippen molar-refractivity contribution in [3.63, 3.8) is 0 Å². The molecule has 1 heterocycles. The van der Waals surface area contributed by atoms with E-state index >= 15 is 0 Å². The number of carbonyl (C=O) groups is 1. The molecule has 0 unspecified atom stereocenters. The highest BCUT2D eigenvalue weighted by Crippen LogP contribution is 2.21. The van der Waals surface area contributed by atoms with Crippen molar-refractivity contribution in [1.82, 2.24) is 4.90 Å². The summed E-state index contributed by atoms with van der Waals surface area (Å²) in [6, 6.07) is 0. The van der Waals surface area contributed by atoms with E-state index in [-0.39, 0.29) is 12.1 Å². The van der Waals surface area contributed by atoms with E-state index < -0.39 is 0 Å². The van der Waals surface area contributed by atoms with Gasteiger partial charge in [-0.1, -0.05) is 0 Å². The molecule has 114 valence electrons. The van der Waals surface area contributed by atoms with Gasteiger partial charge in [0.15, 0.2) is 5.96 Å². The highest BCUT2D eigenvalue weighted by molar-refractivity contribution is 5.78. The largest absolute Gasteiger partial charge is 0.462 e. The molecule has 0 atom stereocenters. The van der Waals surface area contributed by atoms with Gasteiger partial charge in [-0.3, -0.25) is 9.79 Å². The van der Waals surface area contributed by atoms with Crippen LogP contribution >= 0.6 is 0 Å². The molecule has 0 aromatic carbocycles. The predicted molar refractivity (Wildman–Crippen MR) is 76.5 cm³/mol. The second-order valence-corrected chi connectivity index (χ2v) is 5.34. The summed E-state index contributed by atoms with van der Waals surface area (Å²) in [5.41, 5.74) is 5.90. The van der Waals surface area contributed by atoms with Gasteiger partial charge in [0, 0.05) is 26.1 Å². The molecule has 0 aromatic rings. The lowest BCUT2D eigenvalue weighted by Gasteiger charge is -2.27. The van der Waals surface area contributed by atoms with Crippen LogP contribution in [0.25, 0.3) is 0 Å². The van der Waals surface area contributed by atoms with E-state index in [1.807, 2.05) is 4.90 Å². The van der Waals surface area contributed by atoms with Crippen molar-refractivity contribution in [2.45, 2.75) is 44.6 Å². The smallest absolute Gasteiger partial charge is 0.306 e. The number of hydrogen-bond acceptors (Lipinski definition) is 4. The summed E-state index contributed by atoms with van der Waals surface area (Å²) in [4.78, 5) is 17.9. The van der Waals surface area contributed by atoms with Crippen LogP contribution in [0.4, 0.5) is 0 Å². The molecule has 2 aliphatic rings. The normalized spacial score (nSPS) is 21.2. The van der Waals surface area contributed by atoms with Gasteiger partial charge in [-0.05, 0) is 32.1 Å². The first-order chi connectivity index (χ1) is 9.75. The molecule has 0 radical (unpaired) electrons. The van der Waals surface area contributed by atoms with E-state index in [1.165, 1.54) is 12.8 Å². The summed E-state index contributed by atoms with van der Waals surface area (Å²) >= 11 is 0. The quantitative estimate of drug-likeness (QED) is 0.351. The van der Waals surface area contributed by atoms with E-state index in [1.54, 1.807) is 0 Å². The molecule has 1 aliphatic heterocycles. The lowest BCUT2D eigenvalue weighted by molar-refractivity contribution is -0.148. The van der Waals surface area contributed by atoms with Crippen LogP contribution in [-0.4, -0.2) is 55.8 Å². The van der Waals surface area contributed by atoms with Crippen LogP contribution in [0.15, 0.2) is 4.99 Å². The predicted octanol–water partition coefficient (Wildman–Crippen LogP) is 0.899. The fraction of sp³-hybridized carbons (Fsp3) is 0.857. The number of morpholine rings is 1. The Labute approximate surface area is 120 Å². The molecule has 1 aliphatic carbocycles. The van der Waals surface area contributed by atoms with Gasteiger partial charge in [-0.2, -0.15) is 0 Å². The van der Waals surface area contributed by atoms with Crippen LogP contribution < -0.4 is 5.73 Å². The Hall–Kier alpha value is -1.30. The average Bonchev–Trinajstić information content (AvgIpc) is 2.97. The van der Waals surface area contributed by atoms with E-state index in [2.05, 4.69) is 4.99 Å². The maximum Gasteiger partial charge on any atom is 0.306 e. The third-order valence-corrected chi connectivity index (χ3v) is 3.75. The van der Waals surface area contributed by atoms with E-state index in [9.17, 15) is 4.79 Å². The highest BCUT2D eigenvalue weighted by Gasteiger charge is 2.18. The van der Waals surface area contributed by atoms with Crippen LogP contribution in [0.5, 0.6) is 0 Å². The molecule has 1 saturated carbocycles. The first-order valence-electron chi connectivity index (χ1n) is 7.58. The Bertz CT molecular complexity index is 335. The SMILES string of the molecule is NC(=NCCCC(=O)OC1CCCC1)N1CCOCC1. The molecule has 0 spiro atoms. The number of guanidine groups is 1. The maximum atomic E-state index is 11.6. The molecule has 6 heteroatoms. The van der Waals surface area contributed by atoms with Crippen molar-refractivity contribution < 1.29 is 14.3 Å². The molecule has 2 rings (SSSR count). The fourth-order valence-corrected chi connectivity index (χ4v) is 2.56. The van der Waals surface area contributed by atoms with Gasteiger partial charge in [0.1, 0.15) is 6.10 Å². The van der Waals surface area contributed by atoms with Crippen molar-refractivity contribution in [3.05, 3.63) is 0 Å². The summed E-state index contributed by atoms with van der Waals surface area (Å²) < 4.78 is 10.6. The molecule has 0 amide bonds. The van der Waals surface area contributed by atoms with Crippen molar-refractivity contribution in [2.24, 2.45) is 10.7 Å². The molecule has 2 N–H and O–H groups in total. The van der Waals surface area contributed by atoms with Crippen LogP contribution in [-0.2, 0) is 14.3 Å². The number of esters is 1. The third-order valence-electron chi connectivity index (χ3n) is 3.75. The first-order valence-corrected chi connectivity index (χ1v) is 7.58. The van der Waals surface area contributed by atoms with Gasteiger partial charge in [0.25, 0.3) is 0 Å². The van der Waals surface area contributed by atoms with Crippen molar-refractivity contribution >= 4 is 11.9 Å². The van der Waals surface area contributed by atoms with E-state index in [0.717, 1.165) is 25.9 Å². The lowest BCUT2D eigenvalue weighted by Crippen LogP contribution is -2.44. The summed E-state index contributed by atoms with van der Waals surface area (Å²) in [7, 11) is 0. The van der Waals surface area contributed by atoms with Crippen molar-refractivity contribution in [3.8, 4) is 0 Å². The topological polar surface area (TPSA) is 77.1 Å². The molecule has 2 fully saturated rings. The van der Waals surface area contributed by atoms with Gasteiger partial charge in [0.05, 0.1) is 13.2 Å². The van der Waals surface area contributed by atoms with Crippen molar-refractivity contribution in [1.29, 1.82) is 0 Å². The second-order valence-electron chi connectivity index (χ2n) is 5.34. The summed E-state index contributed by atoms with van der Waals surface area (Å²) in [6.07, 6.45) is 5.68. The zero-order chi connectivity index (χ0) is 14.2. The van der Waals surface area contributed by atoms with Gasteiger partial charge < -0.3 is 20.1 Å². The van der Waals surface area contributed by atoms with E-state index in [0.29, 0.717) is 38.6 Å². The van der Waals surface area contributed by atoms with Crippen LogP contribution in [0, 0.1) is 0 Å². The molecular formula is C14H25N3O3. The summed E-state index contributed by atoms with van der Waals surface area (Å²) in [5.74, 6) is 0.453. The van der Waals surface area contributed by atoms with Gasteiger partial charge in [-0.15, -0.1) is 0 Å². The zero-order valence-corrected chi connectivity index (χ0v) is 12.1. The summed E-state index contributed by atoms with van der Waals surface area (Å²) in [6.45, 7) is 3.55. The first kappa shape index (κ1) is 15.1. The van der Waals surface area contributed by atoms with Crippen molar-refractivity contribution in [2.75, 3.05) is 32.8 Å². The zero-order valence-electron chi connectivity index (χ0n) is 12.1. The van der Waals surface area contributed by atoms with E-state index in [4.69, 9.17) is 15.2 Å². The minimum atomic E-state index is -0.1000. The molecule has 1 saturated heterocycles. The monoisotopic (exact) mass is 283 g/mol. The maximum absolute atomic E-state index is 11.6. The number of aliphatic imine (C=N–C) groups is 1. The highest BCUT2D eigenvalue weighted by atomic mass is 16.5. The summed E-state index contributed by atoms with van der Waals surface area (Å²) in [5, 5.41) is 0. The Balaban J connectivity index is 1.58. The number of hydrogen-bond donors (Lipinski definition) is 1. The minimum absolute atomic E-state index is 0.1000. The standard InChI is InChI=1S/C14H25N3O3/c15-14(17-8-10-19-11-9-17)16-7-3-6-13(18)20-12-4-1-2-5-12/h12H,1-11H2,(H2,15,16). The Morgan fingerprint density at radius 2 is 2.00 bits per heavy atom. The van der Waals surface area contributed by atoms with Gasteiger partial charge in [0.2, 0.25) is 0 Å². The number of rotatable bonds is 5. The number of nitrogens with zero attached hydrogens (tertiary/aromatic N) is 2. The van der Waals surface area contributed by atoms with Gasteiger partial charge in [-0.25, -0.2) is 0 Å². The Morgan fingerprint density at radius 1 is 1.30 bits per heavy atom. The molecule has 0 bridgehead atoms. The molecule has 20 heavy (non-hydrogen) atoms. The van der Waals surface area contributed by atoms with Crippen LogP contribution in [0.3, 0.4) is 0 Å². The second kappa shape index (κ2) is 8.09. The number of carbonyl (C=O) groups excluding carboxylic acids is 1. The third kappa shape index (κ3) is 5.00. The minimum Gasteiger partial charge on any atom is -0.462 e. The molecule has 0 aromatic heterocycles. The number of ether oxygens (including phenoxy) is 2. The Morgan fingerprint density at radius 3 is 2.70 bits per heavy atom. The molecule has 6 nitrogen and oxygen atoms in total. The van der Waals surface area contributed by atoms with Crippen LogP contribution in [0.1, 0.15) is 38.5 Å². The van der Waals surface area contributed by atoms with Crippen LogP contribution in [0.2, 0.25) is 0 Å². The average molecular weight is 283 g/mol.